The number of nitriles is 1. The molecular formula is C18H21N3O2S. The van der Waals surface area contributed by atoms with Crippen LogP contribution in [-0.4, -0.2) is 49.6 Å². The Labute approximate surface area is 146 Å². The molecule has 1 fully saturated rings. The number of hydrogen-bond acceptors (Lipinski definition) is 6. The minimum atomic E-state index is -0.124. The molecule has 0 aromatic heterocycles. The van der Waals surface area contributed by atoms with Crippen molar-refractivity contribution >= 4 is 23.2 Å². The Morgan fingerprint density at radius 1 is 1.33 bits per heavy atom. The normalized spacial score (nSPS) is 26.0. The highest BCUT2D eigenvalue weighted by Gasteiger charge is 2.30. The van der Waals surface area contributed by atoms with Crippen LogP contribution in [0.2, 0.25) is 0 Å². The number of fused-ring (bicyclic) bond motifs is 1. The Hall–Kier alpha value is -1.81. The minimum absolute atomic E-state index is 0.104. The second kappa shape index (κ2) is 6.98. The van der Waals surface area contributed by atoms with Gasteiger partial charge in [-0.3, -0.25) is 9.69 Å². The van der Waals surface area contributed by atoms with Gasteiger partial charge in [-0.1, -0.05) is 23.9 Å². The lowest BCUT2D eigenvalue weighted by atomic mass is 10.1. The lowest BCUT2D eigenvalue weighted by Gasteiger charge is -2.34. The lowest BCUT2D eigenvalue weighted by molar-refractivity contribution is -0.120. The van der Waals surface area contributed by atoms with E-state index < -0.39 is 0 Å². The number of carbonyl (C=O) groups is 1. The van der Waals surface area contributed by atoms with E-state index in [-0.39, 0.29) is 30.1 Å². The van der Waals surface area contributed by atoms with E-state index in [4.69, 9.17) is 4.74 Å². The minimum Gasteiger partial charge on any atom is -0.373 e. The molecule has 2 atom stereocenters. The summed E-state index contributed by atoms with van der Waals surface area (Å²) in [6.45, 7) is 5.71. The molecule has 0 unspecified atom stereocenters. The second-order valence-corrected chi connectivity index (χ2v) is 7.33. The second-order valence-electron chi connectivity index (χ2n) is 6.30. The van der Waals surface area contributed by atoms with Gasteiger partial charge in [-0.05, 0) is 26.0 Å². The van der Waals surface area contributed by atoms with Crippen molar-refractivity contribution in [1.29, 1.82) is 5.26 Å². The van der Waals surface area contributed by atoms with Crippen molar-refractivity contribution in [3.05, 3.63) is 34.9 Å². The third-order valence-electron chi connectivity index (χ3n) is 4.20. The van der Waals surface area contributed by atoms with Crippen molar-refractivity contribution in [2.45, 2.75) is 31.0 Å². The fourth-order valence-corrected chi connectivity index (χ4v) is 4.41. The summed E-state index contributed by atoms with van der Waals surface area (Å²) in [5.41, 5.74) is 1.28. The van der Waals surface area contributed by atoms with Gasteiger partial charge in [-0.25, -0.2) is 0 Å². The van der Waals surface area contributed by atoms with E-state index in [1.807, 2.05) is 50.1 Å². The average molecular weight is 343 g/mol. The number of para-hydroxylation sites is 1. The molecule has 2 aliphatic heterocycles. The summed E-state index contributed by atoms with van der Waals surface area (Å²) < 4.78 is 5.70. The largest absolute Gasteiger partial charge is 0.373 e. The predicted molar refractivity (Wildman–Crippen MR) is 94.8 cm³/mol. The van der Waals surface area contributed by atoms with Crippen LogP contribution in [0.5, 0.6) is 0 Å². The number of rotatable bonds is 3. The molecule has 2 aliphatic rings. The number of Topliss-reactive ketones (excluding diaryl/α,β-unsaturated/α-hetero) is 1. The molecule has 2 heterocycles. The first-order chi connectivity index (χ1) is 11.5. The summed E-state index contributed by atoms with van der Waals surface area (Å²) in [5.74, 6) is -0.124. The van der Waals surface area contributed by atoms with Crippen LogP contribution in [0.25, 0.3) is 0 Å². The van der Waals surface area contributed by atoms with Gasteiger partial charge in [-0.2, -0.15) is 5.26 Å². The van der Waals surface area contributed by atoms with Crippen LogP contribution in [0.15, 0.2) is 39.8 Å². The zero-order chi connectivity index (χ0) is 17.3. The average Bonchev–Trinajstić information content (AvgIpc) is 2.84. The van der Waals surface area contributed by atoms with Gasteiger partial charge in [0.05, 0.1) is 24.4 Å². The Bertz CT molecular complexity index is 715. The molecule has 0 radical (unpaired) electrons. The van der Waals surface area contributed by atoms with E-state index in [1.54, 1.807) is 0 Å². The molecule has 1 aromatic rings. The van der Waals surface area contributed by atoms with E-state index in [1.165, 1.54) is 11.8 Å². The highest BCUT2D eigenvalue weighted by atomic mass is 32.2. The maximum Gasteiger partial charge on any atom is 0.190 e. The van der Waals surface area contributed by atoms with Gasteiger partial charge in [-0.15, -0.1) is 0 Å². The van der Waals surface area contributed by atoms with Crippen molar-refractivity contribution in [2.24, 2.45) is 0 Å². The Balaban J connectivity index is 1.80. The van der Waals surface area contributed by atoms with Crippen molar-refractivity contribution in [3.63, 3.8) is 0 Å². The molecule has 0 bridgehead atoms. The summed E-state index contributed by atoms with van der Waals surface area (Å²) in [6, 6.07) is 10.1. The van der Waals surface area contributed by atoms with Crippen LogP contribution in [-0.2, 0) is 9.53 Å². The first-order valence-electron chi connectivity index (χ1n) is 8.05. The summed E-state index contributed by atoms with van der Waals surface area (Å²) >= 11 is 1.49. The van der Waals surface area contributed by atoms with Crippen molar-refractivity contribution < 1.29 is 9.53 Å². The molecule has 126 valence electrons. The quantitative estimate of drug-likeness (QED) is 0.621. The van der Waals surface area contributed by atoms with E-state index in [2.05, 4.69) is 11.0 Å². The molecule has 6 heteroatoms. The monoisotopic (exact) mass is 343 g/mol. The highest BCUT2D eigenvalue weighted by Crippen LogP contribution is 2.46. The van der Waals surface area contributed by atoms with Crippen molar-refractivity contribution in [2.75, 3.05) is 31.6 Å². The number of anilines is 1. The summed E-state index contributed by atoms with van der Waals surface area (Å²) in [6.07, 6.45) is 0.208. The van der Waals surface area contributed by atoms with Gasteiger partial charge in [0.1, 0.15) is 16.7 Å². The number of ketones is 1. The zero-order valence-corrected chi connectivity index (χ0v) is 15.0. The molecule has 24 heavy (non-hydrogen) atoms. The maximum atomic E-state index is 12.7. The summed E-state index contributed by atoms with van der Waals surface area (Å²) in [7, 11) is 1.90. The number of morpholine rings is 1. The Morgan fingerprint density at radius 3 is 2.62 bits per heavy atom. The van der Waals surface area contributed by atoms with Crippen LogP contribution < -0.4 is 4.90 Å². The number of nitrogens with zero attached hydrogens (tertiary/aromatic N) is 3. The summed E-state index contributed by atoms with van der Waals surface area (Å²) in [5, 5.41) is 10.3. The third kappa shape index (κ3) is 3.34. The van der Waals surface area contributed by atoms with Crippen molar-refractivity contribution in [1.82, 2.24) is 4.90 Å². The molecule has 0 saturated carbocycles. The van der Waals surface area contributed by atoms with E-state index in [0.29, 0.717) is 13.1 Å². The van der Waals surface area contributed by atoms with Crippen LogP contribution in [0.1, 0.15) is 13.8 Å². The highest BCUT2D eigenvalue weighted by molar-refractivity contribution is 8.03. The number of thioether (sulfide) groups is 1. The van der Waals surface area contributed by atoms with E-state index in [0.717, 1.165) is 15.6 Å². The van der Waals surface area contributed by atoms with E-state index in [9.17, 15) is 10.1 Å². The van der Waals surface area contributed by atoms with Gasteiger partial charge in [0.25, 0.3) is 0 Å². The number of benzene rings is 1. The lowest BCUT2D eigenvalue weighted by Crippen LogP contribution is -2.47. The van der Waals surface area contributed by atoms with Crippen molar-refractivity contribution in [3.8, 4) is 6.07 Å². The first-order valence-corrected chi connectivity index (χ1v) is 8.87. The zero-order valence-electron chi connectivity index (χ0n) is 14.2. The molecule has 3 rings (SSSR count). The van der Waals surface area contributed by atoms with Gasteiger partial charge in [0, 0.05) is 25.0 Å². The molecule has 0 amide bonds. The Kier molecular flexibility index (Phi) is 4.95. The molecule has 1 aromatic carbocycles. The van der Waals surface area contributed by atoms with Gasteiger partial charge < -0.3 is 9.64 Å². The predicted octanol–water partition coefficient (Wildman–Crippen LogP) is 2.64. The number of carbonyl (C=O) groups excluding carboxylic acids is 1. The molecule has 0 spiro atoms. The van der Waals surface area contributed by atoms with Gasteiger partial charge in [0.15, 0.2) is 5.78 Å². The summed E-state index contributed by atoms with van der Waals surface area (Å²) in [4.78, 5) is 17.8. The molecule has 0 N–H and O–H groups in total. The maximum absolute atomic E-state index is 12.7. The van der Waals surface area contributed by atoms with E-state index >= 15 is 0 Å². The fourth-order valence-electron chi connectivity index (χ4n) is 3.25. The van der Waals surface area contributed by atoms with Crippen LogP contribution >= 0.6 is 11.8 Å². The Morgan fingerprint density at radius 2 is 2.00 bits per heavy atom. The van der Waals surface area contributed by atoms with Crippen LogP contribution in [0.3, 0.4) is 0 Å². The standard InChI is InChI=1S/C18H21N3O2S/c1-12-9-21(10-13(2)23-12)11-16(22)14(8-19)18-20(3)15-6-4-5-7-17(15)24-18/h4-7,12-13H,9-11H2,1-3H3/b18-14-/t12-,13-/m1/s1. The first kappa shape index (κ1) is 17.0. The molecule has 5 nitrogen and oxygen atoms in total. The smallest absolute Gasteiger partial charge is 0.190 e. The molecule has 0 aliphatic carbocycles. The number of hydrogen-bond donors (Lipinski definition) is 0. The topological polar surface area (TPSA) is 56.6 Å². The molecule has 1 saturated heterocycles. The number of ether oxygens (including phenoxy) is 1. The molecular weight excluding hydrogens is 322 g/mol. The van der Waals surface area contributed by atoms with Crippen LogP contribution in [0, 0.1) is 11.3 Å². The third-order valence-corrected chi connectivity index (χ3v) is 5.44. The fraction of sp³-hybridized carbons (Fsp3) is 0.444. The van der Waals surface area contributed by atoms with Gasteiger partial charge in [0.2, 0.25) is 0 Å². The SMILES string of the molecule is C[C@@H]1CN(CC(=O)/C(C#N)=C2\Sc3ccccc3N2C)C[C@@H](C)O1. The van der Waals surface area contributed by atoms with Gasteiger partial charge >= 0.3 is 0 Å². The van der Waals surface area contributed by atoms with Crippen LogP contribution in [0.4, 0.5) is 5.69 Å².